The zero-order valence-electron chi connectivity index (χ0n) is 24.5. The standard InChI is InChI=1S/C33H29Cl2N3O5S2/c1-3-4-12-42-24-7-5-6-19(15-24)28-27(29(39)20-9-11-26-22(14-20)13-18(2)43-26)30(40)31(41)38(28)32-36-37-33(45-32)44-17-21-8-10-23(34)16-25(21)35/h5-11,14-16,18,28,39H,3-4,12-13,17H2,1-2H3/b29-27+. The summed E-state index contributed by atoms with van der Waals surface area (Å²) in [5.74, 6) is -0.0278. The number of aliphatic hydroxyl groups excluding tert-OH is 1. The molecule has 3 heterocycles. The highest BCUT2D eigenvalue weighted by molar-refractivity contribution is 8.00. The van der Waals surface area contributed by atoms with E-state index in [1.165, 1.54) is 28.0 Å². The zero-order valence-corrected chi connectivity index (χ0v) is 27.6. The van der Waals surface area contributed by atoms with Crippen molar-refractivity contribution in [2.24, 2.45) is 0 Å². The molecule has 2 aliphatic rings. The number of aliphatic hydroxyl groups is 1. The highest BCUT2D eigenvalue weighted by Gasteiger charge is 2.48. The fourth-order valence-electron chi connectivity index (χ4n) is 5.32. The minimum atomic E-state index is -0.959. The first-order valence-corrected chi connectivity index (χ1v) is 17.0. The topological polar surface area (TPSA) is 102 Å². The Hall–Kier alpha value is -3.57. The number of fused-ring (bicyclic) bond motifs is 1. The maximum Gasteiger partial charge on any atom is 0.301 e. The molecule has 2 atom stereocenters. The number of aromatic nitrogens is 2. The average molecular weight is 683 g/mol. The number of rotatable bonds is 10. The number of benzene rings is 3. The van der Waals surface area contributed by atoms with Crippen LogP contribution < -0.4 is 14.4 Å². The molecule has 0 radical (unpaired) electrons. The maximum absolute atomic E-state index is 13.7. The summed E-state index contributed by atoms with van der Waals surface area (Å²) in [5, 5.41) is 21.6. The van der Waals surface area contributed by atoms with Gasteiger partial charge in [-0.2, -0.15) is 0 Å². The monoisotopic (exact) mass is 681 g/mol. The molecule has 0 saturated carbocycles. The van der Waals surface area contributed by atoms with E-state index < -0.39 is 17.7 Å². The lowest BCUT2D eigenvalue weighted by Gasteiger charge is -2.23. The van der Waals surface area contributed by atoms with Crippen LogP contribution in [0.1, 0.15) is 55.0 Å². The fourth-order valence-corrected chi connectivity index (χ4v) is 7.74. The van der Waals surface area contributed by atoms with Crippen molar-refractivity contribution in [2.75, 3.05) is 11.5 Å². The number of thioether (sulfide) groups is 1. The highest BCUT2D eigenvalue weighted by atomic mass is 35.5. The van der Waals surface area contributed by atoms with Crippen LogP contribution in [0, 0.1) is 0 Å². The summed E-state index contributed by atoms with van der Waals surface area (Å²) in [6, 6.07) is 16.9. The molecule has 0 spiro atoms. The summed E-state index contributed by atoms with van der Waals surface area (Å²) < 4.78 is 12.3. The fraction of sp³-hybridized carbons (Fsp3) is 0.273. The van der Waals surface area contributed by atoms with E-state index in [0.29, 0.717) is 50.0 Å². The van der Waals surface area contributed by atoms with Crippen LogP contribution in [0.5, 0.6) is 11.5 Å². The van der Waals surface area contributed by atoms with Crippen LogP contribution in [0.4, 0.5) is 5.13 Å². The Balaban J connectivity index is 1.38. The molecule has 6 rings (SSSR count). The van der Waals surface area contributed by atoms with Crippen molar-refractivity contribution in [2.45, 2.75) is 55.3 Å². The third kappa shape index (κ3) is 6.56. The summed E-state index contributed by atoms with van der Waals surface area (Å²) in [4.78, 5) is 28.7. The minimum absolute atomic E-state index is 0.0126. The van der Waals surface area contributed by atoms with E-state index in [1.807, 2.05) is 31.2 Å². The Kier molecular flexibility index (Phi) is 9.37. The van der Waals surface area contributed by atoms with Gasteiger partial charge in [0.05, 0.1) is 18.2 Å². The van der Waals surface area contributed by atoms with Crippen LogP contribution in [-0.4, -0.2) is 39.7 Å². The zero-order chi connectivity index (χ0) is 31.7. The predicted octanol–water partition coefficient (Wildman–Crippen LogP) is 8.27. The first-order valence-electron chi connectivity index (χ1n) is 14.5. The normalized spacial score (nSPS) is 18.7. The number of hydrogen-bond donors (Lipinski definition) is 1. The molecule has 0 bridgehead atoms. The quantitative estimate of drug-likeness (QED) is 0.0446. The number of amides is 1. The molecule has 1 saturated heterocycles. The molecule has 1 N–H and O–H groups in total. The van der Waals surface area contributed by atoms with Gasteiger partial charge in [0.15, 0.2) is 4.34 Å². The van der Waals surface area contributed by atoms with Gasteiger partial charge in [-0.1, -0.05) is 77.8 Å². The van der Waals surface area contributed by atoms with Crippen molar-refractivity contribution in [3.8, 4) is 11.5 Å². The van der Waals surface area contributed by atoms with Gasteiger partial charge in [-0.15, -0.1) is 10.2 Å². The number of unbranched alkanes of at least 4 members (excludes halogenated alkanes) is 1. The lowest BCUT2D eigenvalue weighted by Crippen LogP contribution is -2.29. The molecule has 2 aliphatic heterocycles. The van der Waals surface area contributed by atoms with Crippen molar-refractivity contribution in [3.05, 3.63) is 98.5 Å². The average Bonchev–Trinajstić information content (AvgIpc) is 3.71. The molecule has 45 heavy (non-hydrogen) atoms. The van der Waals surface area contributed by atoms with Crippen LogP contribution in [0.3, 0.4) is 0 Å². The van der Waals surface area contributed by atoms with Crippen LogP contribution >= 0.6 is 46.3 Å². The van der Waals surface area contributed by atoms with Gasteiger partial charge >= 0.3 is 5.91 Å². The molecule has 3 aromatic carbocycles. The molecule has 1 fully saturated rings. The van der Waals surface area contributed by atoms with E-state index in [4.69, 9.17) is 32.7 Å². The Bertz CT molecular complexity index is 1810. The molecular formula is C33H29Cl2N3O5S2. The van der Waals surface area contributed by atoms with E-state index in [0.717, 1.165) is 29.7 Å². The minimum Gasteiger partial charge on any atom is -0.507 e. The van der Waals surface area contributed by atoms with Gasteiger partial charge in [0.2, 0.25) is 5.13 Å². The van der Waals surface area contributed by atoms with Crippen LogP contribution in [-0.2, 0) is 21.8 Å². The van der Waals surface area contributed by atoms with Gasteiger partial charge in [-0.05, 0) is 72.5 Å². The number of ether oxygens (including phenoxy) is 2. The Morgan fingerprint density at radius 2 is 1.98 bits per heavy atom. The van der Waals surface area contributed by atoms with Crippen molar-refractivity contribution in [1.29, 1.82) is 0 Å². The number of Topliss-reactive ketones (excluding diaryl/α,β-unsaturated/α-hetero) is 1. The van der Waals surface area contributed by atoms with Crippen molar-refractivity contribution in [3.63, 3.8) is 0 Å². The predicted molar refractivity (Wildman–Crippen MR) is 178 cm³/mol. The molecule has 12 heteroatoms. The van der Waals surface area contributed by atoms with E-state index in [1.54, 1.807) is 36.4 Å². The van der Waals surface area contributed by atoms with E-state index in [9.17, 15) is 14.7 Å². The van der Waals surface area contributed by atoms with Gasteiger partial charge in [0.25, 0.3) is 5.78 Å². The van der Waals surface area contributed by atoms with Gasteiger partial charge in [-0.3, -0.25) is 14.5 Å². The number of anilines is 1. The number of hydrogen-bond acceptors (Lipinski definition) is 9. The van der Waals surface area contributed by atoms with E-state index >= 15 is 0 Å². The van der Waals surface area contributed by atoms with Crippen molar-refractivity contribution >= 4 is 68.9 Å². The summed E-state index contributed by atoms with van der Waals surface area (Å²) in [6.07, 6.45) is 2.55. The number of halogens is 2. The second-order valence-electron chi connectivity index (χ2n) is 10.8. The van der Waals surface area contributed by atoms with Crippen molar-refractivity contribution in [1.82, 2.24) is 10.2 Å². The molecular weight excluding hydrogens is 653 g/mol. The lowest BCUT2D eigenvalue weighted by atomic mass is 9.94. The summed E-state index contributed by atoms with van der Waals surface area (Å²) in [7, 11) is 0. The number of carbonyl (C=O) groups excluding carboxylic acids is 2. The Labute approximate surface area is 279 Å². The van der Waals surface area contributed by atoms with Gasteiger partial charge in [-0.25, -0.2) is 0 Å². The van der Waals surface area contributed by atoms with Gasteiger partial charge < -0.3 is 14.6 Å². The first-order chi connectivity index (χ1) is 21.7. The number of nitrogens with zero attached hydrogens (tertiary/aromatic N) is 3. The first kappa shape index (κ1) is 31.4. The number of carbonyl (C=O) groups is 2. The second kappa shape index (κ2) is 13.4. The largest absolute Gasteiger partial charge is 0.507 e. The van der Waals surface area contributed by atoms with Gasteiger partial charge in [0.1, 0.15) is 23.4 Å². The van der Waals surface area contributed by atoms with Crippen molar-refractivity contribution < 1.29 is 24.2 Å². The summed E-state index contributed by atoms with van der Waals surface area (Å²) in [5.41, 5.74) is 2.79. The molecule has 1 amide bonds. The highest BCUT2D eigenvalue weighted by Crippen LogP contribution is 2.45. The summed E-state index contributed by atoms with van der Waals surface area (Å²) in [6.45, 7) is 4.58. The third-order valence-corrected chi connectivity index (χ3v) is 10.2. The lowest BCUT2D eigenvalue weighted by molar-refractivity contribution is -0.132. The SMILES string of the molecule is CCCCOc1cccc(C2/C(=C(\O)c3ccc4c(c3)CC(C)O4)C(=O)C(=O)N2c2nnc(SCc3ccc(Cl)cc3Cl)s2)c1. The third-order valence-electron chi connectivity index (χ3n) is 7.52. The maximum atomic E-state index is 13.7. The molecule has 2 unspecified atom stereocenters. The molecule has 0 aliphatic carbocycles. The van der Waals surface area contributed by atoms with Crippen LogP contribution in [0.25, 0.3) is 5.76 Å². The van der Waals surface area contributed by atoms with Crippen LogP contribution in [0.2, 0.25) is 10.0 Å². The smallest absolute Gasteiger partial charge is 0.301 e. The molecule has 232 valence electrons. The summed E-state index contributed by atoms with van der Waals surface area (Å²) >= 11 is 15.0. The Morgan fingerprint density at radius 1 is 1.13 bits per heavy atom. The Morgan fingerprint density at radius 3 is 2.78 bits per heavy atom. The molecule has 1 aromatic heterocycles. The van der Waals surface area contributed by atoms with Gasteiger partial charge in [0, 0.05) is 27.8 Å². The van der Waals surface area contributed by atoms with Crippen LogP contribution in [0.15, 0.2) is 70.6 Å². The number of ketones is 1. The van der Waals surface area contributed by atoms with E-state index in [-0.39, 0.29) is 22.6 Å². The molecule has 4 aromatic rings. The second-order valence-corrected chi connectivity index (χ2v) is 13.8. The van der Waals surface area contributed by atoms with E-state index in [2.05, 4.69) is 17.1 Å². The molecule has 8 nitrogen and oxygen atoms in total.